The Balaban J connectivity index is 1.79. The van der Waals surface area contributed by atoms with Crippen molar-refractivity contribution in [2.24, 2.45) is 5.92 Å². The van der Waals surface area contributed by atoms with Gasteiger partial charge in [-0.05, 0) is 57.2 Å². The second kappa shape index (κ2) is 11.4. The number of nitrogens with one attached hydrogen (secondary N) is 4. The van der Waals surface area contributed by atoms with Crippen molar-refractivity contribution in [3.63, 3.8) is 0 Å². The van der Waals surface area contributed by atoms with Crippen LogP contribution in [0.1, 0.15) is 58.4 Å². The SMILES string of the molecule is CCCNC(=O)Nc1ccc(CC(=O)NC2CCCC(C(=O)NC(C)C)C2)cc1. The van der Waals surface area contributed by atoms with E-state index in [-0.39, 0.29) is 42.3 Å². The van der Waals surface area contributed by atoms with Crippen LogP contribution < -0.4 is 21.3 Å². The molecule has 0 heterocycles. The number of hydrogen-bond acceptors (Lipinski definition) is 3. The van der Waals surface area contributed by atoms with Crippen LogP contribution in [-0.2, 0) is 16.0 Å². The van der Waals surface area contributed by atoms with E-state index in [1.807, 2.05) is 32.9 Å². The average Bonchev–Trinajstić information content (AvgIpc) is 2.67. The number of urea groups is 1. The highest BCUT2D eigenvalue weighted by Crippen LogP contribution is 2.24. The quantitative estimate of drug-likeness (QED) is 0.538. The molecule has 1 aromatic carbocycles. The highest BCUT2D eigenvalue weighted by Gasteiger charge is 2.28. The third kappa shape index (κ3) is 8.13. The van der Waals surface area contributed by atoms with E-state index in [2.05, 4.69) is 21.3 Å². The first kappa shape index (κ1) is 22.7. The highest BCUT2D eigenvalue weighted by atomic mass is 16.2. The third-order valence-corrected chi connectivity index (χ3v) is 4.95. The number of carbonyl (C=O) groups excluding carboxylic acids is 3. The molecular formula is C22H34N4O3. The Labute approximate surface area is 173 Å². The summed E-state index contributed by atoms with van der Waals surface area (Å²) in [6.45, 7) is 6.54. The predicted molar refractivity (Wildman–Crippen MR) is 115 cm³/mol. The molecule has 29 heavy (non-hydrogen) atoms. The number of rotatable bonds is 8. The molecule has 0 aliphatic heterocycles. The molecule has 160 valence electrons. The number of benzene rings is 1. The molecule has 2 unspecified atom stereocenters. The summed E-state index contributed by atoms with van der Waals surface area (Å²) in [5.41, 5.74) is 1.57. The van der Waals surface area contributed by atoms with Crippen molar-refractivity contribution >= 4 is 23.5 Å². The Kier molecular flexibility index (Phi) is 8.96. The van der Waals surface area contributed by atoms with Gasteiger partial charge in [0.25, 0.3) is 0 Å². The number of hydrogen-bond donors (Lipinski definition) is 4. The second-order valence-electron chi connectivity index (χ2n) is 8.05. The van der Waals surface area contributed by atoms with Gasteiger partial charge in [-0.25, -0.2) is 4.79 Å². The Morgan fingerprint density at radius 1 is 1.10 bits per heavy atom. The van der Waals surface area contributed by atoms with Gasteiger partial charge in [-0.3, -0.25) is 9.59 Å². The molecule has 1 aliphatic rings. The van der Waals surface area contributed by atoms with Crippen LogP contribution >= 0.6 is 0 Å². The molecule has 7 nitrogen and oxygen atoms in total. The summed E-state index contributed by atoms with van der Waals surface area (Å²) in [4.78, 5) is 36.3. The number of carbonyl (C=O) groups is 3. The van der Waals surface area contributed by atoms with Crippen LogP contribution in [0.3, 0.4) is 0 Å². The largest absolute Gasteiger partial charge is 0.354 e. The Bertz CT molecular complexity index is 688. The monoisotopic (exact) mass is 402 g/mol. The summed E-state index contributed by atoms with van der Waals surface area (Å²) in [7, 11) is 0. The maximum absolute atomic E-state index is 12.4. The first-order valence-electron chi connectivity index (χ1n) is 10.6. The molecule has 0 spiro atoms. The lowest BCUT2D eigenvalue weighted by Gasteiger charge is -2.29. The van der Waals surface area contributed by atoms with E-state index in [1.165, 1.54) is 0 Å². The van der Waals surface area contributed by atoms with Gasteiger partial charge in [0.2, 0.25) is 11.8 Å². The molecule has 0 radical (unpaired) electrons. The van der Waals surface area contributed by atoms with Crippen LogP contribution in [0.5, 0.6) is 0 Å². The molecule has 1 fully saturated rings. The highest BCUT2D eigenvalue weighted by molar-refractivity contribution is 5.89. The summed E-state index contributed by atoms with van der Waals surface area (Å²) in [6, 6.07) is 7.21. The Morgan fingerprint density at radius 2 is 1.83 bits per heavy atom. The minimum Gasteiger partial charge on any atom is -0.354 e. The van der Waals surface area contributed by atoms with E-state index in [4.69, 9.17) is 0 Å². The van der Waals surface area contributed by atoms with Crippen molar-refractivity contribution < 1.29 is 14.4 Å². The summed E-state index contributed by atoms with van der Waals surface area (Å²) >= 11 is 0. The average molecular weight is 403 g/mol. The van der Waals surface area contributed by atoms with E-state index in [0.29, 0.717) is 18.7 Å². The topological polar surface area (TPSA) is 99.3 Å². The maximum Gasteiger partial charge on any atom is 0.319 e. The van der Waals surface area contributed by atoms with Gasteiger partial charge in [-0.15, -0.1) is 0 Å². The number of anilines is 1. The summed E-state index contributed by atoms with van der Waals surface area (Å²) in [6.07, 6.45) is 4.59. The molecule has 0 saturated heterocycles. The van der Waals surface area contributed by atoms with Crippen LogP contribution in [0.4, 0.5) is 10.5 Å². The first-order chi connectivity index (χ1) is 13.9. The molecular weight excluding hydrogens is 368 g/mol. The van der Waals surface area contributed by atoms with E-state index >= 15 is 0 Å². The minimum absolute atomic E-state index is 0.0272. The van der Waals surface area contributed by atoms with E-state index in [1.54, 1.807) is 12.1 Å². The fraction of sp³-hybridized carbons (Fsp3) is 0.591. The number of amides is 4. The zero-order valence-electron chi connectivity index (χ0n) is 17.7. The molecule has 4 N–H and O–H groups in total. The molecule has 0 bridgehead atoms. The first-order valence-corrected chi connectivity index (χ1v) is 10.6. The van der Waals surface area contributed by atoms with Crippen molar-refractivity contribution in [2.45, 2.75) is 71.4 Å². The second-order valence-corrected chi connectivity index (χ2v) is 8.05. The van der Waals surface area contributed by atoms with Gasteiger partial charge in [0.05, 0.1) is 6.42 Å². The molecule has 1 saturated carbocycles. The lowest BCUT2D eigenvalue weighted by molar-refractivity contribution is -0.128. The van der Waals surface area contributed by atoms with Gasteiger partial charge in [0.1, 0.15) is 0 Å². The predicted octanol–water partition coefficient (Wildman–Crippen LogP) is 2.96. The van der Waals surface area contributed by atoms with Crippen molar-refractivity contribution in [3.8, 4) is 0 Å². The van der Waals surface area contributed by atoms with E-state index in [0.717, 1.165) is 31.2 Å². The lowest BCUT2D eigenvalue weighted by atomic mass is 9.85. The van der Waals surface area contributed by atoms with Crippen LogP contribution in [0.25, 0.3) is 0 Å². The minimum atomic E-state index is -0.231. The Hall–Kier alpha value is -2.57. The standard InChI is InChI=1S/C22H34N4O3/c1-4-12-23-22(29)26-18-10-8-16(9-11-18)13-20(27)25-19-7-5-6-17(14-19)21(28)24-15(2)3/h8-11,15,17,19H,4-7,12-14H2,1-3H3,(H,24,28)(H,25,27)(H2,23,26,29). The Morgan fingerprint density at radius 3 is 2.48 bits per heavy atom. The van der Waals surface area contributed by atoms with Gasteiger partial charge in [0, 0.05) is 30.2 Å². The molecule has 2 rings (SSSR count). The van der Waals surface area contributed by atoms with Crippen molar-refractivity contribution in [1.82, 2.24) is 16.0 Å². The zero-order valence-corrected chi connectivity index (χ0v) is 17.7. The van der Waals surface area contributed by atoms with Gasteiger partial charge < -0.3 is 21.3 Å². The summed E-state index contributed by atoms with van der Waals surface area (Å²) in [5, 5.41) is 11.6. The summed E-state index contributed by atoms with van der Waals surface area (Å²) < 4.78 is 0. The van der Waals surface area contributed by atoms with Gasteiger partial charge >= 0.3 is 6.03 Å². The van der Waals surface area contributed by atoms with Gasteiger partial charge in [0.15, 0.2) is 0 Å². The normalized spacial score (nSPS) is 18.8. The van der Waals surface area contributed by atoms with Crippen LogP contribution in [0.2, 0.25) is 0 Å². The van der Waals surface area contributed by atoms with Crippen molar-refractivity contribution in [1.29, 1.82) is 0 Å². The summed E-state index contributed by atoms with van der Waals surface area (Å²) in [5.74, 6) is 0.0204. The molecule has 0 aromatic heterocycles. The molecule has 7 heteroatoms. The van der Waals surface area contributed by atoms with Crippen LogP contribution in [0.15, 0.2) is 24.3 Å². The van der Waals surface area contributed by atoms with Crippen molar-refractivity contribution in [3.05, 3.63) is 29.8 Å². The van der Waals surface area contributed by atoms with E-state index in [9.17, 15) is 14.4 Å². The maximum atomic E-state index is 12.4. The molecule has 2 atom stereocenters. The zero-order chi connectivity index (χ0) is 21.2. The smallest absolute Gasteiger partial charge is 0.319 e. The van der Waals surface area contributed by atoms with Gasteiger partial charge in [-0.2, -0.15) is 0 Å². The fourth-order valence-electron chi connectivity index (χ4n) is 3.55. The lowest BCUT2D eigenvalue weighted by Crippen LogP contribution is -2.44. The van der Waals surface area contributed by atoms with Gasteiger partial charge in [-0.1, -0.05) is 25.5 Å². The molecule has 1 aliphatic carbocycles. The van der Waals surface area contributed by atoms with Crippen molar-refractivity contribution in [2.75, 3.05) is 11.9 Å². The van der Waals surface area contributed by atoms with Crippen LogP contribution in [0, 0.1) is 5.92 Å². The van der Waals surface area contributed by atoms with Crippen LogP contribution in [-0.4, -0.2) is 36.5 Å². The molecule has 4 amide bonds. The van der Waals surface area contributed by atoms with E-state index < -0.39 is 0 Å². The third-order valence-electron chi connectivity index (χ3n) is 4.95. The fourth-order valence-corrected chi connectivity index (χ4v) is 3.55. The molecule has 1 aromatic rings.